The third-order valence-corrected chi connectivity index (χ3v) is 6.65. The Kier molecular flexibility index (Phi) is 7.76. The molecule has 1 saturated carbocycles. The predicted molar refractivity (Wildman–Crippen MR) is 135 cm³/mol. The van der Waals surface area contributed by atoms with Crippen LogP contribution in [0.15, 0.2) is 24.4 Å². The average Bonchev–Trinajstić information content (AvgIpc) is 2.96. The molecule has 0 bridgehead atoms. The minimum absolute atomic E-state index is 0.109. The molecule has 2 aliphatic rings. The van der Waals surface area contributed by atoms with E-state index >= 15 is 0 Å². The minimum atomic E-state index is -3.56. The van der Waals surface area contributed by atoms with Crippen LogP contribution in [0.2, 0.25) is 0 Å². The number of ether oxygens (including phenoxy) is 1. The topological polar surface area (TPSA) is 120 Å². The van der Waals surface area contributed by atoms with Crippen LogP contribution >= 0.6 is 0 Å². The molecule has 1 aromatic heterocycles. The number of hydrogen-bond acceptors (Lipinski definition) is 8. The van der Waals surface area contributed by atoms with Crippen molar-refractivity contribution in [3.05, 3.63) is 30.0 Å². The van der Waals surface area contributed by atoms with Crippen LogP contribution in [0.1, 0.15) is 49.4 Å². The van der Waals surface area contributed by atoms with E-state index < -0.39 is 24.5 Å². The van der Waals surface area contributed by atoms with E-state index in [2.05, 4.69) is 20.6 Å². The van der Waals surface area contributed by atoms with Gasteiger partial charge in [0.1, 0.15) is 11.4 Å². The number of amides is 2. The van der Waals surface area contributed by atoms with Gasteiger partial charge in [0.25, 0.3) is 11.8 Å². The van der Waals surface area contributed by atoms with Crippen molar-refractivity contribution in [2.45, 2.75) is 57.1 Å². The Hall–Kier alpha value is -3.54. The van der Waals surface area contributed by atoms with Crippen LogP contribution in [0, 0.1) is 0 Å². The average molecular weight is 519 g/mol. The molecular weight excluding hydrogens is 486 g/mol. The van der Waals surface area contributed by atoms with E-state index in [1.165, 1.54) is 26.4 Å². The molecule has 2 amide bonds. The lowest BCUT2D eigenvalue weighted by atomic mass is 9.94. The molecule has 2 heterocycles. The number of carbonyl (C=O) groups excluding carboxylic acids is 2. The Morgan fingerprint density at radius 2 is 2.03 bits per heavy atom. The summed E-state index contributed by atoms with van der Waals surface area (Å²) in [6.45, 7) is 0.931. The van der Waals surface area contributed by atoms with Crippen LogP contribution < -0.4 is 25.2 Å². The molecule has 1 aromatic carbocycles. The van der Waals surface area contributed by atoms with E-state index in [9.17, 15) is 23.5 Å². The summed E-state index contributed by atoms with van der Waals surface area (Å²) in [5, 5.41) is 15.1. The van der Waals surface area contributed by atoms with Gasteiger partial charge in [-0.2, -0.15) is 13.8 Å². The smallest absolute Gasteiger partial charge is 0.342 e. The Morgan fingerprint density at radius 1 is 1.30 bits per heavy atom. The molecule has 200 valence electrons. The van der Waals surface area contributed by atoms with Gasteiger partial charge in [0.2, 0.25) is 5.95 Å². The number of aliphatic hydroxyl groups excluding tert-OH is 1. The third-order valence-electron chi connectivity index (χ3n) is 6.65. The number of halogens is 2. The fourth-order valence-corrected chi connectivity index (χ4v) is 4.68. The summed E-state index contributed by atoms with van der Waals surface area (Å²) in [5.74, 6) is -4.48. The van der Waals surface area contributed by atoms with E-state index in [1.807, 2.05) is 0 Å². The van der Waals surface area contributed by atoms with Crippen molar-refractivity contribution in [1.82, 2.24) is 15.3 Å². The number of nitrogens with zero attached hydrogens (tertiary/aromatic N) is 4. The molecule has 12 heteroatoms. The molecule has 0 saturated heterocycles. The van der Waals surface area contributed by atoms with Crippen molar-refractivity contribution in [2.75, 3.05) is 42.4 Å². The molecule has 4 rings (SSSR count). The lowest BCUT2D eigenvalue weighted by Gasteiger charge is -2.35. The number of aromatic nitrogens is 2. The maximum absolute atomic E-state index is 14.9. The van der Waals surface area contributed by atoms with E-state index in [0.29, 0.717) is 17.0 Å². The van der Waals surface area contributed by atoms with Gasteiger partial charge in [0.15, 0.2) is 5.82 Å². The number of anilines is 4. The highest BCUT2D eigenvalue weighted by Crippen LogP contribution is 2.39. The maximum atomic E-state index is 14.9. The molecule has 1 atom stereocenters. The summed E-state index contributed by atoms with van der Waals surface area (Å²) in [6.07, 6.45) is 5.07. The Balaban J connectivity index is 1.65. The summed E-state index contributed by atoms with van der Waals surface area (Å²) in [7, 11) is 2.75. The van der Waals surface area contributed by atoms with Crippen molar-refractivity contribution in [3.8, 4) is 5.75 Å². The van der Waals surface area contributed by atoms with Crippen molar-refractivity contribution >= 4 is 35.0 Å². The SMILES string of the molecule is COc1cc(C(=O)NC[C@@H](C)O)ccc1Nc1ncc2c(n1)N(C1CCCCC1)CC(F)(F)C(=O)N2C. The molecule has 3 N–H and O–H groups in total. The number of alkyl halides is 2. The zero-order valence-corrected chi connectivity index (χ0v) is 21.1. The van der Waals surface area contributed by atoms with Crippen LogP contribution in [0.5, 0.6) is 5.75 Å². The summed E-state index contributed by atoms with van der Waals surface area (Å²) >= 11 is 0. The van der Waals surface area contributed by atoms with Crippen LogP contribution in [0.3, 0.4) is 0 Å². The van der Waals surface area contributed by atoms with Gasteiger partial charge < -0.3 is 30.3 Å². The van der Waals surface area contributed by atoms with Crippen molar-refractivity contribution in [3.63, 3.8) is 0 Å². The number of hydrogen-bond donors (Lipinski definition) is 3. The first-order valence-electron chi connectivity index (χ1n) is 12.3. The van der Waals surface area contributed by atoms with E-state index in [4.69, 9.17) is 4.74 Å². The number of methoxy groups -OCH3 is 1. The van der Waals surface area contributed by atoms with Gasteiger partial charge in [0, 0.05) is 25.2 Å². The maximum Gasteiger partial charge on any atom is 0.342 e. The van der Waals surface area contributed by atoms with Gasteiger partial charge >= 0.3 is 5.92 Å². The second-order valence-electron chi connectivity index (χ2n) is 9.49. The minimum Gasteiger partial charge on any atom is -0.495 e. The molecule has 0 unspecified atom stereocenters. The summed E-state index contributed by atoms with van der Waals surface area (Å²) < 4.78 is 35.2. The zero-order valence-electron chi connectivity index (χ0n) is 21.1. The second-order valence-corrected chi connectivity index (χ2v) is 9.49. The molecule has 1 aliphatic carbocycles. The molecule has 0 spiro atoms. The molecule has 1 aliphatic heterocycles. The number of carbonyl (C=O) groups is 2. The molecular formula is C25H32F2N6O4. The first kappa shape index (κ1) is 26.5. The van der Waals surface area contributed by atoms with E-state index in [0.717, 1.165) is 37.0 Å². The summed E-state index contributed by atoms with van der Waals surface area (Å²) in [4.78, 5) is 36.2. The van der Waals surface area contributed by atoms with Crippen LogP contribution in [0.4, 0.5) is 31.9 Å². The van der Waals surface area contributed by atoms with Gasteiger partial charge in [-0.1, -0.05) is 19.3 Å². The van der Waals surface area contributed by atoms with E-state index in [-0.39, 0.29) is 35.9 Å². The number of benzene rings is 1. The van der Waals surface area contributed by atoms with E-state index in [1.54, 1.807) is 24.0 Å². The van der Waals surface area contributed by atoms with Crippen molar-refractivity contribution < 1.29 is 28.2 Å². The second kappa shape index (κ2) is 10.8. The monoisotopic (exact) mass is 518 g/mol. The van der Waals surface area contributed by atoms with Gasteiger partial charge in [-0.25, -0.2) is 4.98 Å². The number of aliphatic hydroxyl groups is 1. The van der Waals surface area contributed by atoms with Gasteiger partial charge in [0.05, 0.1) is 31.6 Å². The highest BCUT2D eigenvalue weighted by molar-refractivity contribution is 6.02. The van der Waals surface area contributed by atoms with Crippen LogP contribution in [0.25, 0.3) is 0 Å². The summed E-state index contributed by atoms with van der Waals surface area (Å²) in [6, 6.07) is 4.57. The number of rotatable bonds is 7. The van der Waals surface area contributed by atoms with Gasteiger partial charge in [-0.3, -0.25) is 9.59 Å². The molecule has 37 heavy (non-hydrogen) atoms. The van der Waals surface area contributed by atoms with Gasteiger partial charge in [-0.15, -0.1) is 0 Å². The molecule has 2 aromatic rings. The molecule has 10 nitrogen and oxygen atoms in total. The Morgan fingerprint density at radius 3 is 2.70 bits per heavy atom. The quantitative estimate of drug-likeness (QED) is 0.512. The molecule has 0 radical (unpaired) electrons. The summed E-state index contributed by atoms with van der Waals surface area (Å²) in [5.41, 5.74) is 1.01. The largest absolute Gasteiger partial charge is 0.495 e. The first-order chi connectivity index (χ1) is 17.6. The number of nitrogens with one attached hydrogen (secondary N) is 2. The fourth-order valence-electron chi connectivity index (χ4n) is 4.68. The van der Waals surface area contributed by atoms with Crippen molar-refractivity contribution in [2.24, 2.45) is 0 Å². The highest BCUT2D eigenvalue weighted by atomic mass is 19.3. The standard InChI is InChI=1S/C25H32F2N6O4/c1-15(34)12-28-22(35)16-9-10-18(20(11-16)37-3)30-24-29-13-19-21(31-24)33(17-7-5-4-6-8-17)14-25(26,27)23(36)32(19)2/h9-11,13,15,17,34H,4-8,12,14H2,1-3H3,(H,28,35)(H,29,30,31)/t15-/m1/s1. The van der Waals surface area contributed by atoms with Gasteiger partial charge in [-0.05, 0) is 38.0 Å². The lowest BCUT2D eigenvalue weighted by Crippen LogP contribution is -2.49. The normalized spacial score (nSPS) is 18.6. The lowest BCUT2D eigenvalue weighted by molar-refractivity contribution is -0.140. The predicted octanol–water partition coefficient (Wildman–Crippen LogP) is 3.09. The van der Waals surface area contributed by atoms with Crippen LogP contribution in [-0.2, 0) is 4.79 Å². The fraction of sp³-hybridized carbons (Fsp3) is 0.520. The Labute approximate surface area is 214 Å². The highest BCUT2D eigenvalue weighted by Gasteiger charge is 2.48. The zero-order chi connectivity index (χ0) is 26.7. The van der Waals surface area contributed by atoms with Crippen molar-refractivity contribution in [1.29, 1.82) is 0 Å². The third kappa shape index (κ3) is 5.74. The first-order valence-corrected chi connectivity index (χ1v) is 12.3. The Bertz CT molecular complexity index is 1160. The molecule has 1 fully saturated rings. The number of fused-ring (bicyclic) bond motifs is 1. The van der Waals surface area contributed by atoms with Crippen LogP contribution in [-0.4, -0.2) is 72.2 Å².